The molecule has 1 saturated heterocycles. The van der Waals surface area contributed by atoms with Gasteiger partial charge in [-0.3, -0.25) is 0 Å². The number of primary amides is 1. The van der Waals surface area contributed by atoms with Gasteiger partial charge in [-0.25, -0.2) is 4.79 Å². The van der Waals surface area contributed by atoms with Crippen LogP contribution in [0.1, 0.15) is 19.8 Å². The third-order valence-electron chi connectivity index (χ3n) is 1.82. The lowest BCUT2D eigenvalue weighted by molar-refractivity contribution is 0.0575. The fourth-order valence-electron chi connectivity index (χ4n) is 1.25. The van der Waals surface area contributed by atoms with Gasteiger partial charge < -0.3 is 15.8 Å². The van der Waals surface area contributed by atoms with Gasteiger partial charge in [0.05, 0.1) is 12.2 Å². The summed E-state index contributed by atoms with van der Waals surface area (Å²) in [6, 6.07) is -0.479. The van der Waals surface area contributed by atoms with Crippen molar-refractivity contribution >= 4 is 6.03 Å². The maximum absolute atomic E-state index is 10.3. The standard InChI is InChI=1S/C7H14N2O2/c1-5-2-3-6(11-5)4-9-7(8)10/h5-6H,2-4H2,1H3,(H3,8,9,10). The highest BCUT2D eigenvalue weighted by Crippen LogP contribution is 2.17. The Morgan fingerprint density at radius 2 is 2.45 bits per heavy atom. The molecule has 0 radical (unpaired) electrons. The van der Waals surface area contributed by atoms with Crippen LogP contribution in [0, 0.1) is 0 Å². The van der Waals surface area contributed by atoms with Crippen LogP contribution in [0.4, 0.5) is 4.79 Å². The number of hydrogen-bond donors (Lipinski definition) is 2. The molecule has 0 aromatic carbocycles. The fourth-order valence-corrected chi connectivity index (χ4v) is 1.25. The molecule has 0 spiro atoms. The third kappa shape index (κ3) is 2.76. The number of nitrogens with one attached hydrogen (secondary N) is 1. The van der Waals surface area contributed by atoms with E-state index in [1.807, 2.05) is 6.92 Å². The van der Waals surface area contributed by atoms with Crippen LogP contribution in [0.3, 0.4) is 0 Å². The summed E-state index contributed by atoms with van der Waals surface area (Å²) in [5.74, 6) is 0. The summed E-state index contributed by atoms with van der Waals surface area (Å²) in [6.07, 6.45) is 2.58. The van der Waals surface area contributed by atoms with E-state index >= 15 is 0 Å². The Kier molecular flexibility index (Phi) is 2.70. The van der Waals surface area contributed by atoms with Crippen LogP contribution in [-0.4, -0.2) is 24.8 Å². The molecule has 1 aliphatic rings. The average Bonchev–Trinajstić information content (AvgIpc) is 2.31. The van der Waals surface area contributed by atoms with Crippen LogP contribution in [0.15, 0.2) is 0 Å². The first-order chi connectivity index (χ1) is 5.18. The van der Waals surface area contributed by atoms with E-state index in [0.717, 1.165) is 12.8 Å². The molecule has 4 heteroatoms. The number of nitrogens with two attached hydrogens (primary N) is 1. The molecule has 0 saturated carbocycles. The van der Waals surface area contributed by atoms with E-state index in [9.17, 15) is 4.79 Å². The van der Waals surface area contributed by atoms with Crippen molar-refractivity contribution in [3.8, 4) is 0 Å². The van der Waals surface area contributed by atoms with E-state index in [1.165, 1.54) is 0 Å². The molecule has 64 valence electrons. The van der Waals surface area contributed by atoms with Crippen molar-refractivity contribution in [2.24, 2.45) is 5.73 Å². The highest BCUT2D eigenvalue weighted by molar-refractivity contribution is 5.71. The predicted octanol–water partition coefficient (Wildman–Crippen LogP) is 0.222. The Hall–Kier alpha value is -0.770. The van der Waals surface area contributed by atoms with Crippen molar-refractivity contribution in [2.45, 2.75) is 32.0 Å². The lowest BCUT2D eigenvalue weighted by atomic mass is 10.2. The number of rotatable bonds is 2. The van der Waals surface area contributed by atoms with E-state index in [0.29, 0.717) is 12.6 Å². The highest BCUT2D eigenvalue weighted by atomic mass is 16.5. The van der Waals surface area contributed by atoms with Crippen LogP contribution in [0.2, 0.25) is 0 Å². The van der Waals surface area contributed by atoms with Gasteiger partial charge in [0.15, 0.2) is 0 Å². The third-order valence-corrected chi connectivity index (χ3v) is 1.82. The molecule has 0 aromatic rings. The second kappa shape index (κ2) is 3.57. The second-order valence-electron chi connectivity index (χ2n) is 2.89. The molecular weight excluding hydrogens is 144 g/mol. The van der Waals surface area contributed by atoms with Gasteiger partial charge in [-0.05, 0) is 19.8 Å². The van der Waals surface area contributed by atoms with Gasteiger partial charge in [0.2, 0.25) is 0 Å². The summed E-state index contributed by atoms with van der Waals surface area (Å²) < 4.78 is 5.44. The monoisotopic (exact) mass is 158 g/mol. The largest absolute Gasteiger partial charge is 0.373 e. The minimum atomic E-state index is -0.479. The number of carbonyl (C=O) groups is 1. The van der Waals surface area contributed by atoms with E-state index < -0.39 is 6.03 Å². The van der Waals surface area contributed by atoms with Crippen LogP contribution >= 0.6 is 0 Å². The zero-order valence-corrected chi connectivity index (χ0v) is 6.67. The molecule has 1 rings (SSSR count). The van der Waals surface area contributed by atoms with Crippen LogP contribution in [-0.2, 0) is 4.74 Å². The minimum Gasteiger partial charge on any atom is -0.373 e. The van der Waals surface area contributed by atoms with Crippen LogP contribution in [0.25, 0.3) is 0 Å². The second-order valence-corrected chi connectivity index (χ2v) is 2.89. The summed E-state index contributed by atoms with van der Waals surface area (Å²) >= 11 is 0. The summed E-state index contributed by atoms with van der Waals surface area (Å²) in [6.45, 7) is 2.57. The molecule has 0 aromatic heterocycles. The number of carbonyl (C=O) groups excluding carboxylic acids is 1. The normalized spacial score (nSPS) is 30.3. The molecule has 4 nitrogen and oxygen atoms in total. The molecular formula is C7H14N2O2. The maximum atomic E-state index is 10.3. The average molecular weight is 158 g/mol. The van der Waals surface area contributed by atoms with Gasteiger partial charge in [0.1, 0.15) is 0 Å². The minimum absolute atomic E-state index is 0.164. The van der Waals surface area contributed by atoms with E-state index in [-0.39, 0.29) is 6.10 Å². The molecule has 3 N–H and O–H groups in total. The SMILES string of the molecule is CC1CCC(CNC(N)=O)O1. The summed E-state index contributed by atoms with van der Waals surface area (Å²) in [5.41, 5.74) is 4.90. The van der Waals surface area contributed by atoms with Crippen molar-refractivity contribution in [1.82, 2.24) is 5.32 Å². The Morgan fingerprint density at radius 1 is 1.73 bits per heavy atom. The molecule has 11 heavy (non-hydrogen) atoms. The molecule has 1 heterocycles. The van der Waals surface area contributed by atoms with Gasteiger partial charge in [0, 0.05) is 6.54 Å². The quantitative estimate of drug-likeness (QED) is 0.604. The van der Waals surface area contributed by atoms with Crippen LogP contribution < -0.4 is 11.1 Å². The molecule has 2 atom stereocenters. The van der Waals surface area contributed by atoms with E-state index in [2.05, 4.69) is 5.32 Å². The van der Waals surface area contributed by atoms with E-state index in [1.54, 1.807) is 0 Å². The molecule has 1 aliphatic heterocycles. The molecule has 2 amide bonds. The van der Waals surface area contributed by atoms with E-state index in [4.69, 9.17) is 10.5 Å². The smallest absolute Gasteiger partial charge is 0.312 e. The summed E-state index contributed by atoms with van der Waals surface area (Å²) in [5, 5.41) is 2.52. The Labute approximate surface area is 66.1 Å². The number of hydrogen-bond acceptors (Lipinski definition) is 2. The zero-order chi connectivity index (χ0) is 8.27. The number of urea groups is 1. The van der Waals surface area contributed by atoms with Gasteiger partial charge in [-0.1, -0.05) is 0 Å². The summed E-state index contributed by atoms with van der Waals surface area (Å²) in [7, 11) is 0. The van der Waals surface area contributed by atoms with Crippen molar-refractivity contribution in [1.29, 1.82) is 0 Å². The van der Waals surface area contributed by atoms with Gasteiger partial charge in [-0.2, -0.15) is 0 Å². The first kappa shape index (κ1) is 8.33. The van der Waals surface area contributed by atoms with Crippen LogP contribution in [0.5, 0.6) is 0 Å². The first-order valence-corrected chi connectivity index (χ1v) is 3.87. The predicted molar refractivity (Wildman–Crippen MR) is 41.2 cm³/mol. The first-order valence-electron chi connectivity index (χ1n) is 3.87. The van der Waals surface area contributed by atoms with Crippen molar-refractivity contribution in [3.05, 3.63) is 0 Å². The Bertz CT molecular complexity index is 149. The van der Waals surface area contributed by atoms with Crippen molar-refractivity contribution < 1.29 is 9.53 Å². The summed E-state index contributed by atoms with van der Waals surface area (Å²) in [4.78, 5) is 10.3. The van der Waals surface area contributed by atoms with Gasteiger partial charge in [0.25, 0.3) is 0 Å². The molecule has 1 fully saturated rings. The highest BCUT2D eigenvalue weighted by Gasteiger charge is 2.21. The van der Waals surface area contributed by atoms with Gasteiger partial charge >= 0.3 is 6.03 Å². The molecule has 2 unspecified atom stereocenters. The molecule has 0 bridgehead atoms. The number of ether oxygens (including phenoxy) is 1. The zero-order valence-electron chi connectivity index (χ0n) is 6.67. The lowest BCUT2D eigenvalue weighted by Gasteiger charge is -2.10. The topological polar surface area (TPSA) is 64.3 Å². The number of amides is 2. The van der Waals surface area contributed by atoms with Crippen molar-refractivity contribution in [2.75, 3.05) is 6.54 Å². The van der Waals surface area contributed by atoms with Gasteiger partial charge in [-0.15, -0.1) is 0 Å². The Morgan fingerprint density at radius 3 is 2.91 bits per heavy atom. The lowest BCUT2D eigenvalue weighted by Crippen LogP contribution is -2.35. The van der Waals surface area contributed by atoms with Crippen molar-refractivity contribution in [3.63, 3.8) is 0 Å². The maximum Gasteiger partial charge on any atom is 0.312 e. The molecule has 0 aliphatic carbocycles. The Balaban J connectivity index is 2.13. The fraction of sp³-hybridized carbons (Fsp3) is 0.857.